The lowest BCUT2D eigenvalue weighted by atomic mass is 11.2. The fourth-order valence-electron chi connectivity index (χ4n) is 0.826. The van der Waals surface area contributed by atoms with E-state index in [1.165, 1.54) is 0 Å². The first-order valence-electron chi connectivity index (χ1n) is 3.80. The first-order chi connectivity index (χ1) is 4.83. The fourth-order valence-corrected chi connectivity index (χ4v) is 6.94. The van der Waals surface area contributed by atoms with Crippen LogP contribution in [0.5, 0.6) is 0 Å². The minimum absolute atomic E-state index is 0. The van der Waals surface area contributed by atoms with Gasteiger partial charge in [0.1, 0.15) is 0 Å². The molecule has 1 nitrogen and oxygen atoms in total. The molecule has 4 heteroatoms. The Balaban J connectivity index is 0. The zero-order valence-corrected chi connectivity index (χ0v) is 11.2. The van der Waals surface area contributed by atoms with Gasteiger partial charge < -0.3 is 4.12 Å². The van der Waals surface area contributed by atoms with E-state index in [1.54, 1.807) is 0 Å². The molecule has 0 radical (unpaired) electrons. The molecular weight excluding hydrogens is 204 g/mol. The molecule has 0 N–H and O–H groups in total. The molecule has 0 saturated heterocycles. The van der Waals surface area contributed by atoms with E-state index < -0.39 is 16.6 Å². The molecule has 72 valence electrons. The standard InChI is InChI=1S/C8H18OSi2.ClH/c1-7-11(6,8-2)9-10(3,4)5;/h7-8H,1-2H2,3-6H3;1H. The van der Waals surface area contributed by atoms with Crippen molar-refractivity contribution in [1.29, 1.82) is 0 Å². The molecule has 0 saturated carbocycles. The van der Waals surface area contributed by atoms with E-state index in [4.69, 9.17) is 4.12 Å². The monoisotopic (exact) mass is 222 g/mol. The van der Waals surface area contributed by atoms with E-state index in [0.29, 0.717) is 0 Å². The van der Waals surface area contributed by atoms with Gasteiger partial charge in [0.15, 0.2) is 8.32 Å². The molecule has 12 heavy (non-hydrogen) atoms. The summed E-state index contributed by atoms with van der Waals surface area (Å²) in [6.45, 7) is 16.2. The third kappa shape index (κ3) is 5.77. The van der Waals surface area contributed by atoms with Crippen LogP contribution in [0.1, 0.15) is 0 Å². The van der Waals surface area contributed by atoms with Gasteiger partial charge in [0.2, 0.25) is 8.32 Å². The highest BCUT2D eigenvalue weighted by Gasteiger charge is 2.28. The van der Waals surface area contributed by atoms with Crippen molar-refractivity contribution in [2.24, 2.45) is 0 Å². The van der Waals surface area contributed by atoms with Crippen molar-refractivity contribution in [2.75, 3.05) is 0 Å². The van der Waals surface area contributed by atoms with Gasteiger partial charge in [-0.3, -0.25) is 0 Å². The van der Waals surface area contributed by atoms with E-state index in [-0.39, 0.29) is 12.4 Å². The summed E-state index contributed by atoms with van der Waals surface area (Å²) in [7, 11) is -3.16. The molecule has 0 aliphatic heterocycles. The largest absolute Gasteiger partial charge is 0.450 e. The molecule has 0 aliphatic rings. The quantitative estimate of drug-likeness (QED) is 0.664. The molecule has 0 rings (SSSR count). The van der Waals surface area contributed by atoms with Crippen LogP contribution in [0, 0.1) is 0 Å². The molecule has 0 aromatic heterocycles. The second-order valence-corrected chi connectivity index (χ2v) is 12.0. The minimum Gasteiger partial charge on any atom is -0.450 e. The van der Waals surface area contributed by atoms with Crippen LogP contribution in [0.4, 0.5) is 0 Å². The van der Waals surface area contributed by atoms with Crippen molar-refractivity contribution in [3.05, 3.63) is 24.6 Å². The Morgan fingerprint density at radius 2 is 1.33 bits per heavy atom. The molecule has 0 atom stereocenters. The second-order valence-electron chi connectivity index (χ2n) is 3.81. The van der Waals surface area contributed by atoms with Crippen molar-refractivity contribution < 1.29 is 4.12 Å². The van der Waals surface area contributed by atoms with Crippen molar-refractivity contribution in [2.45, 2.75) is 26.2 Å². The van der Waals surface area contributed by atoms with E-state index >= 15 is 0 Å². The third-order valence-corrected chi connectivity index (χ3v) is 7.17. The molecule has 0 bridgehead atoms. The van der Waals surface area contributed by atoms with Crippen LogP contribution in [0.2, 0.25) is 26.2 Å². The summed E-state index contributed by atoms with van der Waals surface area (Å²) in [5, 5.41) is 0. The summed E-state index contributed by atoms with van der Waals surface area (Å²) in [6.07, 6.45) is 0. The number of hydrogen-bond donors (Lipinski definition) is 0. The Labute approximate surface area is 84.2 Å². The Morgan fingerprint density at radius 1 is 1.00 bits per heavy atom. The van der Waals surface area contributed by atoms with E-state index in [9.17, 15) is 0 Å². The normalized spacial score (nSPS) is 11.7. The molecule has 0 unspecified atom stereocenters. The van der Waals surface area contributed by atoms with Gasteiger partial charge in [-0.2, -0.15) is 0 Å². The molecule has 0 aliphatic carbocycles. The summed E-state index contributed by atoms with van der Waals surface area (Å²) in [5.41, 5.74) is 3.86. The number of halogens is 1. The molecule has 0 spiro atoms. The smallest absolute Gasteiger partial charge is 0.226 e. The molecule has 0 amide bonds. The van der Waals surface area contributed by atoms with Crippen molar-refractivity contribution in [3.63, 3.8) is 0 Å². The van der Waals surface area contributed by atoms with E-state index in [2.05, 4.69) is 39.3 Å². The van der Waals surface area contributed by atoms with Crippen LogP contribution >= 0.6 is 12.4 Å². The molecule has 0 aromatic rings. The molecule has 0 fully saturated rings. The van der Waals surface area contributed by atoms with Crippen molar-refractivity contribution >= 4 is 29.0 Å². The lowest BCUT2D eigenvalue weighted by Crippen LogP contribution is -2.41. The van der Waals surface area contributed by atoms with Gasteiger partial charge in [-0.05, 0) is 26.2 Å². The fraction of sp³-hybridized carbons (Fsp3) is 0.500. The average Bonchev–Trinajstić information content (AvgIpc) is 1.84. The van der Waals surface area contributed by atoms with Crippen molar-refractivity contribution in [3.8, 4) is 0 Å². The zero-order chi connectivity index (χ0) is 9.12. The molecular formula is C8H19ClOSi2. The van der Waals surface area contributed by atoms with Crippen LogP contribution in [0.15, 0.2) is 24.6 Å². The first kappa shape index (κ1) is 14.7. The Bertz CT molecular complexity index is 155. The highest BCUT2D eigenvalue weighted by molar-refractivity contribution is 6.90. The Hall–Kier alpha value is 0.164. The maximum Gasteiger partial charge on any atom is 0.226 e. The van der Waals surface area contributed by atoms with Crippen LogP contribution in [0.3, 0.4) is 0 Å². The highest BCUT2D eigenvalue weighted by Crippen LogP contribution is 2.15. The molecule has 0 aromatic carbocycles. The van der Waals surface area contributed by atoms with Gasteiger partial charge in [0.05, 0.1) is 0 Å². The number of rotatable bonds is 4. The minimum atomic E-state index is -1.74. The predicted molar refractivity (Wildman–Crippen MR) is 63.7 cm³/mol. The lowest BCUT2D eigenvalue weighted by Gasteiger charge is -2.29. The maximum atomic E-state index is 5.97. The van der Waals surface area contributed by atoms with Gasteiger partial charge in [-0.25, -0.2) is 0 Å². The Kier molecular flexibility index (Phi) is 6.13. The van der Waals surface area contributed by atoms with Gasteiger partial charge in [0, 0.05) is 0 Å². The van der Waals surface area contributed by atoms with Crippen LogP contribution in [-0.4, -0.2) is 16.6 Å². The third-order valence-electron chi connectivity index (χ3n) is 1.34. The van der Waals surface area contributed by atoms with Gasteiger partial charge in [-0.1, -0.05) is 11.4 Å². The van der Waals surface area contributed by atoms with Crippen LogP contribution in [0.25, 0.3) is 0 Å². The lowest BCUT2D eigenvalue weighted by molar-refractivity contribution is 0.571. The summed E-state index contributed by atoms with van der Waals surface area (Å²) in [6, 6.07) is 0. The maximum absolute atomic E-state index is 5.97. The second kappa shape index (κ2) is 5.02. The summed E-state index contributed by atoms with van der Waals surface area (Å²) < 4.78 is 5.97. The zero-order valence-electron chi connectivity index (χ0n) is 8.39. The van der Waals surface area contributed by atoms with Gasteiger partial charge in [0.25, 0.3) is 0 Å². The highest BCUT2D eigenvalue weighted by atomic mass is 35.5. The van der Waals surface area contributed by atoms with E-state index in [1.807, 2.05) is 11.4 Å². The summed E-state index contributed by atoms with van der Waals surface area (Å²) >= 11 is 0. The predicted octanol–water partition coefficient (Wildman–Crippen LogP) is 3.29. The van der Waals surface area contributed by atoms with Gasteiger partial charge in [-0.15, -0.1) is 25.6 Å². The number of hydrogen-bond acceptors (Lipinski definition) is 1. The van der Waals surface area contributed by atoms with Crippen LogP contribution < -0.4 is 0 Å². The SMILES string of the molecule is C=C[Si](C)(C=C)O[Si](C)(C)C.Cl. The summed E-state index contributed by atoms with van der Waals surface area (Å²) in [4.78, 5) is 0. The average molecular weight is 223 g/mol. The van der Waals surface area contributed by atoms with Crippen molar-refractivity contribution in [1.82, 2.24) is 0 Å². The molecule has 0 heterocycles. The first-order valence-corrected chi connectivity index (χ1v) is 9.77. The van der Waals surface area contributed by atoms with E-state index in [0.717, 1.165) is 0 Å². The van der Waals surface area contributed by atoms with Gasteiger partial charge >= 0.3 is 0 Å². The topological polar surface area (TPSA) is 9.23 Å². The van der Waals surface area contributed by atoms with Crippen LogP contribution in [-0.2, 0) is 4.12 Å². The Morgan fingerprint density at radius 3 is 1.42 bits per heavy atom. The summed E-state index contributed by atoms with van der Waals surface area (Å²) in [5.74, 6) is 0.